The molecule has 8 heteroatoms. The lowest BCUT2D eigenvalue weighted by molar-refractivity contribution is -0.0524. The number of fused-ring (bicyclic) bond motifs is 1. The number of imidazole rings is 1. The molecule has 1 aliphatic heterocycles. The minimum Gasteiger partial charge on any atom is -0.371 e. The van der Waals surface area contributed by atoms with Crippen LogP contribution >= 0.6 is 0 Å². The average molecular weight is 363 g/mol. The molecule has 0 spiro atoms. The van der Waals surface area contributed by atoms with Gasteiger partial charge in [0.1, 0.15) is 0 Å². The zero-order valence-corrected chi connectivity index (χ0v) is 16.3. The Bertz CT molecular complexity index is 895. The Balaban J connectivity index is 2.02. The first kappa shape index (κ1) is 18.7. The summed E-state index contributed by atoms with van der Waals surface area (Å²) in [6, 6.07) is 0. The molecule has 0 amide bonds. The number of aromatic nitrogens is 4. The van der Waals surface area contributed by atoms with Crippen molar-refractivity contribution in [2.45, 2.75) is 52.2 Å². The van der Waals surface area contributed by atoms with Crippen LogP contribution in [0.1, 0.15) is 40.0 Å². The summed E-state index contributed by atoms with van der Waals surface area (Å²) in [5, 5.41) is 0. The molecule has 0 saturated carbocycles. The summed E-state index contributed by atoms with van der Waals surface area (Å²) in [6.45, 7) is 7.97. The maximum Gasteiger partial charge on any atom is 0.329 e. The fourth-order valence-corrected chi connectivity index (χ4v) is 3.57. The van der Waals surface area contributed by atoms with Gasteiger partial charge >= 0.3 is 5.69 Å². The molecule has 1 saturated heterocycles. The van der Waals surface area contributed by atoms with E-state index in [0.29, 0.717) is 23.0 Å². The monoisotopic (exact) mass is 363 g/mol. The van der Waals surface area contributed by atoms with Gasteiger partial charge in [0, 0.05) is 27.2 Å². The molecule has 2 aromatic heterocycles. The molecule has 0 unspecified atom stereocenters. The van der Waals surface area contributed by atoms with Gasteiger partial charge in [-0.2, -0.15) is 4.98 Å². The van der Waals surface area contributed by atoms with E-state index in [-0.39, 0.29) is 12.2 Å². The van der Waals surface area contributed by atoms with Gasteiger partial charge in [0.15, 0.2) is 11.2 Å². The second-order valence-electron chi connectivity index (χ2n) is 7.55. The number of unbranched alkanes of at least 4 members (excludes halogenated alkanes) is 1. The molecule has 2 aromatic rings. The van der Waals surface area contributed by atoms with Crippen LogP contribution in [0.15, 0.2) is 9.59 Å². The summed E-state index contributed by atoms with van der Waals surface area (Å²) in [5.41, 5.74) is -0.0238. The zero-order valence-electron chi connectivity index (χ0n) is 16.3. The van der Waals surface area contributed by atoms with Crippen LogP contribution in [0.5, 0.6) is 0 Å². The van der Waals surface area contributed by atoms with Crippen molar-refractivity contribution in [2.24, 2.45) is 20.0 Å². The summed E-state index contributed by atoms with van der Waals surface area (Å²) in [7, 11) is 3.45. The Kier molecular flexibility index (Phi) is 5.22. The molecule has 1 N–H and O–H groups in total. The van der Waals surface area contributed by atoms with Gasteiger partial charge in [-0.05, 0) is 12.3 Å². The highest BCUT2D eigenvalue weighted by molar-refractivity contribution is 5.74. The molecule has 1 aliphatic rings. The number of nitrogens with zero attached hydrogens (tertiary/aromatic N) is 4. The number of ether oxygens (including phenoxy) is 1. The van der Waals surface area contributed by atoms with E-state index in [1.807, 2.05) is 7.05 Å². The van der Waals surface area contributed by atoms with Gasteiger partial charge in [0.05, 0.1) is 12.2 Å². The first-order chi connectivity index (χ1) is 12.3. The molecule has 0 aliphatic carbocycles. The number of aromatic amines is 1. The van der Waals surface area contributed by atoms with Crippen LogP contribution in [0.25, 0.3) is 11.2 Å². The SMILES string of the molecule is CCCC[C@@H]1CN(c2nc3c(c(=O)[nH]c(=O)n3C)n2C)C[C@H](C(C)C)O1. The fourth-order valence-electron chi connectivity index (χ4n) is 3.57. The highest BCUT2D eigenvalue weighted by atomic mass is 16.5. The molecule has 3 heterocycles. The van der Waals surface area contributed by atoms with Crippen LogP contribution < -0.4 is 16.1 Å². The second-order valence-corrected chi connectivity index (χ2v) is 7.55. The highest BCUT2D eigenvalue weighted by Crippen LogP contribution is 2.26. The Morgan fingerprint density at radius 3 is 2.62 bits per heavy atom. The molecule has 144 valence electrons. The van der Waals surface area contributed by atoms with E-state index in [0.717, 1.165) is 32.4 Å². The molecular weight excluding hydrogens is 334 g/mol. The van der Waals surface area contributed by atoms with Gasteiger partial charge in [0.25, 0.3) is 5.56 Å². The lowest BCUT2D eigenvalue weighted by Gasteiger charge is -2.40. The van der Waals surface area contributed by atoms with E-state index in [4.69, 9.17) is 4.74 Å². The predicted molar refractivity (Wildman–Crippen MR) is 102 cm³/mol. The Hall–Kier alpha value is -2.09. The Morgan fingerprint density at radius 1 is 1.23 bits per heavy atom. The Morgan fingerprint density at radius 2 is 1.96 bits per heavy atom. The van der Waals surface area contributed by atoms with Crippen molar-refractivity contribution in [3.63, 3.8) is 0 Å². The highest BCUT2D eigenvalue weighted by Gasteiger charge is 2.32. The number of hydrogen-bond acceptors (Lipinski definition) is 5. The molecule has 2 atom stereocenters. The number of H-pyrrole nitrogens is 1. The molecule has 0 aromatic carbocycles. The van der Waals surface area contributed by atoms with Gasteiger partial charge in [0.2, 0.25) is 5.95 Å². The van der Waals surface area contributed by atoms with Crippen LogP contribution in [0.3, 0.4) is 0 Å². The van der Waals surface area contributed by atoms with Gasteiger partial charge in [-0.3, -0.25) is 14.3 Å². The van der Waals surface area contributed by atoms with Gasteiger partial charge in [-0.25, -0.2) is 4.79 Å². The van der Waals surface area contributed by atoms with Crippen molar-refractivity contribution in [3.8, 4) is 0 Å². The largest absolute Gasteiger partial charge is 0.371 e. The van der Waals surface area contributed by atoms with Crippen molar-refractivity contribution in [1.29, 1.82) is 0 Å². The van der Waals surface area contributed by atoms with Crippen LogP contribution in [0.4, 0.5) is 5.95 Å². The Labute approximate surface area is 152 Å². The van der Waals surface area contributed by atoms with Crippen LogP contribution in [0.2, 0.25) is 0 Å². The third-order valence-corrected chi connectivity index (χ3v) is 5.21. The van der Waals surface area contributed by atoms with Crippen molar-refractivity contribution in [1.82, 2.24) is 19.1 Å². The number of hydrogen-bond donors (Lipinski definition) is 1. The van der Waals surface area contributed by atoms with E-state index >= 15 is 0 Å². The lowest BCUT2D eigenvalue weighted by Crippen LogP contribution is -2.50. The number of anilines is 1. The number of rotatable bonds is 5. The third kappa shape index (κ3) is 3.30. The molecule has 0 radical (unpaired) electrons. The van der Waals surface area contributed by atoms with Crippen molar-refractivity contribution >= 4 is 17.1 Å². The minimum absolute atomic E-state index is 0.118. The quantitative estimate of drug-likeness (QED) is 0.867. The van der Waals surface area contributed by atoms with Crippen LogP contribution in [-0.2, 0) is 18.8 Å². The van der Waals surface area contributed by atoms with Crippen LogP contribution in [0, 0.1) is 5.92 Å². The summed E-state index contributed by atoms with van der Waals surface area (Å²) in [4.78, 5) is 33.3. The molecule has 26 heavy (non-hydrogen) atoms. The van der Waals surface area contributed by atoms with E-state index < -0.39 is 11.2 Å². The van der Waals surface area contributed by atoms with Gasteiger partial charge in [-0.1, -0.05) is 33.6 Å². The molecule has 1 fully saturated rings. The topological polar surface area (TPSA) is 85.2 Å². The molecule has 0 bridgehead atoms. The van der Waals surface area contributed by atoms with E-state index in [9.17, 15) is 9.59 Å². The summed E-state index contributed by atoms with van der Waals surface area (Å²) >= 11 is 0. The molecule has 3 rings (SSSR count). The van der Waals surface area contributed by atoms with Gasteiger partial charge < -0.3 is 14.2 Å². The number of aryl methyl sites for hydroxylation is 2. The minimum atomic E-state index is -0.449. The van der Waals surface area contributed by atoms with Gasteiger partial charge in [-0.15, -0.1) is 0 Å². The normalized spacial score (nSPS) is 21.1. The number of morpholine rings is 1. The zero-order chi connectivity index (χ0) is 19.0. The molecular formula is C18H29N5O3. The van der Waals surface area contributed by atoms with Crippen molar-refractivity contribution < 1.29 is 4.74 Å². The standard InChI is InChI=1S/C18H29N5O3/c1-6-7-8-12-9-23(10-13(26-12)11(2)3)17-19-15-14(21(17)4)16(24)20-18(25)22(15)5/h11-13H,6-10H2,1-5H3,(H,20,24,25)/t12-,13-/m1/s1. The van der Waals surface area contributed by atoms with E-state index in [1.165, 1.54) is 4.57 Å². The maximum atomic E-state index is 12.3. The average Bonchev–Trinajstić information content (AvgIpc) is 2.95. The first-order valence-corrected chi connectivity index (χ1v) is 9.39. The predicted octanol–water partition coefficient (Wildman–Crippen LogP) is 1.38. The third-order valence-electron chi connectivity index (χ3n) is 5.21. The summed E-state index contributed by atoms with van der Waals surface area (Å²) < 4.78 is 9.45. The van der Waals surface area contributed by atoms with Crippen molar-refractivity contribution in [3.05, 3.63) is 20.8 Å². The van der Waals surface area contributed by atoms with E-state index in [2.05, 4.69) is 35.6 Å². The van der Waals surface area contributed by atoms with Crippen LogP contribution in [-0.4, -0.2) is 44.4 Å². The maximum absolute atomic E-state index is 12.3. The first-order valence-electron chi connectivity index (χ1n) is 9.39. The van der Waals surface area contributed by atoms with E-state index in [1.54, 1.807) is 11.6 Å². The summed E-state index contributed by atoms with van der Waals surface area (Å²) in [6.07, 6.45) is 3.54. The molecule has 8 nitrogen and oxygen atoms in total. The fraction of sp³-hybridized carbons (Fsp3) is 0.722. The van der Waals surface area contributed by atoms with Crippen molar-refractivity contribution in [2.75, 3.05) is 18.0 Å². The lowest BCUT2D eigenvalue weighted by atomic mass is 10.0. The number of nitrogens with one attached hydrogen (secondary N) is 1. The second kappa shape index (κ2) is 7.26. The smallest absolute Gasteiger partial charge is 0.329 e. The summed E-state index contributed by atoms with van der Waals surface area (Å²) in [5.74, 6) is 1.10.